The third-order valence-corrected chi connectivity index (χ3v) is 3.49. The van der Waals surface area contributed by atoms with Gasteiger partial charge in [-0.05, 0) is 29.7 Å². The molecule has 0 aliphatic rings. The molecule has 1 amide bonds. The molecule has 1 atom stereocenters. The van der Waals surface area contributed by atoms with Crippen LogP contribution in [0.4, 0.5) is 0 Å². The first-order valence-electron chi connectivity index (χ1n) is 7.54. The van der Waals surface area contributed by atoms with Crippen molar-refractivity contribution in [3.63, 3.8) is 0 Å². The Morgan fingerprint density at radius 3 is 2.64 bits per heavy atom. The maximum Gasteiger partial charge on any atom is 0.306 e. The van der Waals surface area contributed by atoms with Gasteiger partial charge in [0.05, 0.1) is 6.04 Å². The lowest BCUT2D eigenvalue weighted by molar-refractivity contribution is -0.148. The molecule has 0 saturated carbocycles. The van der Waals surface area contributed by atoms with Crippen LogP contribution in [0.15, 0.2) is 42.5 Å². The molecule has 2 aromatic carbocycles. The van der Waals surface area contributed by atoms with Gasteiger partial charge in [0.1, 0.15) is 0 Å². The Bertz CT molecular complexity index is 661. The quantitative estimate of drug-likeness (QED) is 0.832. The molecule has 0 fully saturated rings. The Labute approximate surface area is 130 Å². The summed E-state index contributed by atoms with van der Waals surface area (Å²) in [5, 5.41) is 5.12. The van der Waals surface area contributed by atoms with E-state index in [1.807, 2.05) is 56.3 Å². The van der Waals surface area contributed by atoms with E-state index in [0.29, 0.717) is 12.8 Å². The Morgan fingerprint density at radius 2 is 1.86 bits per heavy atom. The molecule has 0 unspecified atom stereocenters. The number of hydrogen-bond donors (Lipinski definition) is 1. The molecule has 0 heterocycles. The van der Waals surface area contributed by atoms with Crippen molar-refractivity contribution in [2.24, 2.45) is 0 Å². The fourth-order valence-corrected chi connectivity index (χ4v) is 2.41. The van der Waals surface area contributed by atoms with Crippen molar-refractivity contribution in [2.75, 3.05) is 6.61 Å². The molecule has 2 rings (SSSR count). The van der Waals surface area contributed by atoms with Crippen LogP contribution in [-0.2, 0) is 14.3 Å². The summed E-state index contributed by atoms with van der Waals surface area (Å²) in [4.78, 5) is 23.2. The van der Waals surface area contributed by atoms with Crippen molar-refractivity contribution < 1.29 is 14.3 Å². The molecule has 4 heteroatoms. The third kappa shape index (κ3) is 4.07. The second-order valence-corrected chi connectivity index (χ2v) is 5.27. The Balaban J connectivity index is 2.00. The number of benzene rings is 2. The molecule has 1 N–H and O–H groups in total. The second-order valence-electron chi connectivity index (χ2n) is 5.27. The minimum atomic E-state index is -0.338. The minimum Gasteiger partial charge on any atom is -0.456 e. The predicted octanol–water partition coefficient (Wildman–Crippen LogP) is 3.36. The molecule has 0 spiro atoms. The van der Waals surface area contributed by atoms with Crippen LogP contribution in [0, 0.1) is 0 Å². The molecule has 0 saturated heterocycles. The van der Waals surface area contributed by atoms with Crippen LogP contribution in [0.3, 0.4) is 0 Å². The summed E-state index contributed by atoms with van der Waals surface area (Å²) in [6, 6.07) is 13.9. The van der Waals surface area contributed by atoms with Gasteiger partial charge in [0.15, 0.2) is 6.61 Å². The fraction of sp³-hybridized carbons (Fsp3) is 0.333. The number of ether oxygens (including phenoxy) is 1. The van der Waals surface area contributed by atoms with Crippen LogP contribution in [-0.4, -0.2) is 18.5 Å². The monoisotopic (exact) mass is 299 g/mol. The molecule has 0 aliphatic heterocycles. The summed E-state index contributed by atoms with van der Waals surface area (Å²) in [5.41, 5.74) is 1.05. The number of nitrogens with one attached hydrogen (secondary N) is 1. The Kier molecular flexibility index (Phi) is 5.53. The highest BCUT2D eigenvalue weighted by Gasteiger charge is 2.13. The van der Waals surface area contributed by atoms with Crippen molar-refractivity contribution in [3.05, 3.63) is 48.0 Å². The summed E-state index contributed by atoms with van der Waals surface area (Å²) in [6.07, 6.45) is 1.05. The van der Waals surface area contributed by atoms with E-state index >= 15 is 0 Å². The summed E-state index contributed by atoms with van der Waals surface area (Å²) in [7, 11) is 0. The lowest BCUT2D eigenvalue weighted by Crippen LogP contribution is -2.31. The van der Waals surface area contributed by atoms with E-state index < -0.39 is 0 Å². The first-order valence-corrected chi connectivity index (χ1v) is 7.54. The van der Waals surface area contributed by atoms with Crippen LogP contribution in [0.1, 0.15) is 38.3 Å². The van der Waals surface area contributed by atoms with E-state index in [0.717, 1.165) is 16.3 Å². The molecular formula is C18H21NO3. The molecule has 2 aromatic rings. The molecule has 0 radical (unpaired) electrons. The number of fused-ring (bicyclic) bond motifs is 1. The first-order chi connectivity index (χ1) is 10.6. The zero-order valence-corrected chi connectivity index (χ0v) is 13.0. The normalized spacial score (nSPS) is 11.9. The number of hydrogen-bond acceptors (Lipinski definition) is 3. The topological polar surface area (TPSA) is 55.4 Å². The highest BCUT2D eigenvalue weighted by molar-refractivity contribution is 5.87. The predicted molar refractivity (Wildman–Crippen MR) is 86.4 cm³/mol. The zero-order valence-electron chi connectivity index (χ0n) is 13.0. The van der Waals surface area contributed by atoms with Crippen molar-refractivity contribution in [1.82, 2.24) is 5.32 Å². The smallest absolute Gasteiger partial charge is 0.306 e. The Hall–Kier alpha value is -2.36. The zero-order chi connectivity index (χ0) is 15.9. The van der Waals surface area contributed by atoms with Gasteiger partial charge in [0, 0.05) is 6.42 Å². The second kappa shape index (κ2) is 7.59. The fourth-order valence-electron chi connectivity index (χ4n) is 2.41. The van der Waals surface area contributed by atoms with Gasteiger partial charge in [-0.3, -0.25) is 9.59 Å². The van der Waals surface area contributed by atoms with Crippen LogP contribution in [0.2, 0.25) is 0 Å². The van der Waals surface area contributed by atoms with Crippen molar-refractivity contribution in [2.45, 2.75) is 32.7 Å². The summed E-state index contributed by atoms with van der Waals surface area (Å²) >= 11 is 0. The number of carbonyl (C=O) groups excluding carboxylic acids is 2. The molecule has 116 valence electrons. The van der Waals surface area contributed by atoms with Crippen LogP contribution < -0.4 is 5.32 Å². The van der Waals surface area contributed by atoms with Gasteiger partial charge in [0.2, 0.25) is 0 Å². The number of rotatable bonds is 6. The van der Waals surface area contributed by atoms with Crippen molar-refractivity contribution in [3.8, 4) is 0 Å². The lowest BCUT2D eigenvalue weighted by Gasteiger charge is -2.16. The van der Waals surface area contributed by atoms with Gasteiger partial charge in [-0.2, -0.15) is 0 Å². The number of amides is 1. The van der Waals surface area contributed by atoms with Gasteiger partial charge in [0.25, 0.3) is 5.91 Å². The molecule has 4 nitrogen and oxygen atoms in total. The molecular weight excluding hydrogens is 278 g/mol. The number of carbonyl (C=O) groups is 2. The summed E-state index contributed by atoms with van der Waals surface area (Å²) in [6.45, 7) is 3.59. The van der Waals surface area contributed by atoms with E-state index in [1.165, 1.54) is 0 Å². The maximum atomic E-state index is 11.9. The van der Waals surface area contributed by atoms with Gasteiger partial charge in [-0.1, -0.05) is 49.4 Å². The standard InChI is InChI=1S/C18H21NO3/c1-3-7-18(21)22-12-17(20)19-13(2)15-11-6-9-14-8-4-5-10-16(14)15/h4-6,8-11,13H,3,7,12H2,1-2H3,(H,19,20)/t13-/m1/s1. The minimum absolute atomic E-state index is 0.150. The van der Waals surface area contributed by atoms with Gasteiger partial charge < -0.3 is 10.1 Å². The highest BCUT2D eigenvalue weighted by Crippen LogP contribution is 2.23. The lowest BCUT2D eigenvalue weighted by atomic mass is 10.00. The maximum absolute atomic E-state index is 11.9. The Morgan fingerprint density at radius 1 is 1.14 bits per heavy atom. The van der Waals surface area contributed by atoms with E-state index in [1.54, 1.807) is 0 Å². The van der Waals surface area contributed by atoms with Gasteiger partial charge in [-0.25, -0.2) is 0 Å². The van der Waals surface area contributed by atoms with Crippen LogP contribution in [0.5, 0.6) is 0 Å². The molecule has 0 bridgehead atoms. The SMILES string of the molecule is CCCC(=O)OCC(=O)N[C@H](C)c1cccc2ccccc12. The molecule has 0 aromatic heterocycles. The average molecular weight is 299 g/mol. The third-order valence-electron chi connectivity index (χ3n) is 3.49. The van der Waals surface area contributed by atoms with E-state index in [2.05, 4.69) is 5.32 Å². The average Bonchev–Trinajstić information content (AvgIpc) is 2.52. The summed E-state index contributed by atoms with van der Waals surface area (Å²) in [5.74, 6) is -0.625. The number of esters is 1. The van der Waals surface area contributed by atoms with Crippen LogP contribution >= 0.6 is 0 Å². The van der Waals surface area contributed by atoms with Crippen molar-refractivity contribution in [1.29, 1.82) is 0 Å². The van der Waals surface area contributed by atoms with E-state index in [9.17, 15) is 9.59 Å². The van der Waals surface area contributed by atoms with Crippen molar-refractivity contribution >= 4 is 22.6 Å². The largest absolute Gasteiger partial charge is 0.456 e. The van der Waals surface area contributed by atoms with E-state index in [4.69, 9.17) is 4.74 Å². The molecule has 0 aliphatic carbocycles. The van der Waals surface area contributed by atoms with Crippen LogP contribution in [0.25, 0.3) is 10.8 Å². The van der Waals surface area contributed by atoms with Gasteiger partial charge in [-0.15, -0.1) is 0 Å². The first kappa shape index (κ1) is 16.0. The molecule has 22 heavy (non-hydrogen) atoms. The summed E-state index contributed by atoms with van der Waals surface area (Å²) < 4.78 is 4.92. The van der Waals surface area contributed by atoms with Gasteiger partial charge >= 0.3 is 5.97 Å². The van der Waals surface area contributed by atoms with E-state index in [-0.39, 0.29) is 24.5 Å². The highest BCUT2D eigenvalue weighted by atomic mass is 16.5.